The van der Waals surface area contributed by atoms with Crippen LogP contribution < -0.4 is 19.9 Å². The Hall–Kier alpha value is -2.57. The number of pyridine rings is 1. The topological polar surface area (TPSA) is 66.6 Å². The van der Waals surface area contributed by atoms with E-state index < -0.39 is 23.3 Å². The second kappa shape index (κ2) is 5.60. The van der Waals surface area contributed by atoms with E-state index in [9.17, 15) is 8.78 Å². The zero-order chi connectivity index (χ0) is 14.7. The highest BCUT2D eigenvalue weighted by atomic mass is 19.1. The van der Waals surface area contributed by atoms with Crippen LogP contribution in [0.15, 0.2) is 24.3 Å². The summed E-state index contributed by atoms with van der Waals surface area (Å²) in [6, 6.07) is 5.47. The summed E-state index contributed by atoms with van der Waals surface area (Å²) in [4.78, 5) is 3.51. The van der Waals surface area contributed by atoms with Gasteiger partial charge in [-0.25, -0.2) is 8.78 Å². The number of benzene rings is 1. The van der Waals surface area contributed by atoms with Gasteiger partial charge in [-0.05, 0) is 12.1 Å². The molecule has 0 aliphatic carbocycles. The summed E-state index contributed by atoms with van der Waals surface area (Å²) in [5.41, 5.74) is 5.29. The van der Waals surface area contributed by atoms with Crippen molar-refractivity contribution < 1.29 is 23.0 Å². The van der Waals surface area contributed by atoms with Gasteiger partial charge in [-0.3, -0.25) is 0 Å². The predicted octanol–water partition coefficient (Wildman–Crippen LogP) is 2.75. The molecular formula is C13H12F2N2O3. The zero-order valence-electron chi connectivity index (χ0n) is 10.8. The average molecular weight is 282 g/mol. The van der Waals surface area contributed by atoms with Gasteiger partial charge < -0.3 is 19.9 Å². The van der Waals surface area contributed by atoms with E-state index in [0.717, 1.165) is 0 Å². The molecule has 0 bridgehead atoms. The SMILES string of the molecule is COc1cccc(OC)c1Oc1nc(N)c(F)cc1F. The molecule has 2 N–H and O–H groups in total. The normalized spacial score (nSPS) is 10.2. The monoisotopic (exact) mass is 282 g/mol. The number of methoxy groups -OCH3 is 2. The van der Waals surface area contributed by atoms with Crippen molar-refractivity contribution in [1.29, 1.82) is 0 Å². The molecule has 0 unspecified atom stereocenters. The van der Waals surface area contributed by atoms with Crippen LogP contribution in [0.3, 0.4) is 0 Å². The first-order valence-electron chi connectivity index (χ1n) is 5.57. The molecule has 2 aromatic rings. The van der Waals surface area contributed by atoms with Gasteiger partial charge in [0.25, 0.3) is 5.88 Å². The van der Waals surface area contributed by atoms with Gasteiger partial charge in [0.15, 0.2) is 29.0 Å². The summed E-state index contributed by atoms with van der Waals surface area (Å²) in [6.07, 6.45) is 0. The average Bonchev–Trinajstić information content (AvgIpc) is 2.44. The third-order valence-corrected chi connectivity index (χ3v) is 2.51. The van der Waals surface area contributed by atoms with Crippen molar-refractivity contribution in [3.8, 4) is 23.1 Å². The Morgan fingerprint density at radius 1 is 1.05 bits per heavy atom. The number of nitrogens with two attached hydrogens (primary N) is 1. The Kier molecular flexibility index (Phi) is 3.88. The Labute approximate surface area is 113 Å². The lowest BCUT2D eigenvalue weighted by Crippen LogP contribution is -2.02. The molecule has 0 amide bonds. The molecule has 106 valence electrons. The van der Waals surface area contributed by atoms with E-state index in [1.165, 1.54) is 14.2 Å². The maximum atomic E-state index is 13.6. The van der Waals surface area contributed by atoms with Crippen molar-refractivity contribution in [2.45, 2.75) is 0 Å². The fourth-order valence-corrected chi connectivity index (χ4v) is 1.55. The van der Waals surface area contributed by atoms with Crippen LogP contribution >= 0.6 is 0 Å². The number of aromatic nitrogens is 1. The highest BCUT2D eigenvalue weighted by molar-refractivity contribution is 5.53. The van der Waals surface area contributed by atoms with Crippen LogP contribution in [0.2, 0.25) is 0 Å². The standard InChI is InChI=1S/C13H12F2N2O3/c1-18-9-4-3-5-10(19-2)11(9)20-13-8(15)6-7(14)12(16)17-13/h3-6H,1-2H3,(H2,16,17). The molecule has 0 fully saturated rings. The molecule has 0 atom stereocenters. The quantitative estimate of drug-likeness (QED) is 0.934. The predicted molar refractivity (Wildman–Crippen MR) is 68.2 cm³/mol. The van der Waals surface area contributed by atoms with Gasteiger partial charge in [-0.1, -0.05) is 6.07 Å². The Balaban J connectivity index is 2.47. The lowest BCUT2D eigenvalue weighted by Gasteiger charge is -2.13. The summed E-state index contributed by atoms with van der Waals surface area (Å²) in [5, 5.41) is 0. The van der Waals surface area contributed by atoms with Crippen molar-refractivity contribution in [3.05, 3.63) is 35.9 Å². The number of hydrogen-bond acceptors (Lipinski definition) is 5. The molecule has 2 rings (SSSR count). The van der Waals surface area contributed by atoms with Crippen molar-refractivity contribution in [3.63, 3.8) is 0 Å². The first-order chi connectivity index (χ1) is 9.56. The Bertz CT molecular complexity index is 613. The summed E-state index contributed by atoms with van der Waals surface area (Å²) in [6.45, 7) is 0. The number of hydrogen-bond donors (Lipinski definition) is 1. The number of nitrogen functional groups attached to an aromatic ring is 1. The van der Waals surface area contributed by atoms with Gasteiger partial charge in [-0.2, -0.15) is 4.98 Å². The molecule has 0 radical (unpaired) electrons. The van der Waals surface area contributed by atoms with Crippen LogP contribution in [-0.4, -0.2) is 19.2 Å². The fraction of sp³-hybridized carbons (Fsp3) is 0.154. The first-order valence-corrected chi connectivity index (χ1v) is 5.57. The summed E-state index contributed by atoms with van der Waals surface area (Å²) >= 11 is 0. The number of nitrogens with zero attached hydrogens (tertiary/aromatic N) is 1. The molecule has 1 aromatic heterocycles. The largest absolute Gasteiger partial charge is 0.493 e. The van der Waals surface area contributed by atoms with Crippen LogP contribution in [0.25, 0.3) is 0 Å². The number of rotatable bonds is 4. The summed E-state index contributed by atoms with van der Waals surface area (Å²) < 4.78 is 42.2. The molecule has 7 heteroatoms. The highest BCUT2D eigenvalue weighted by Crippen LogP contribution is 2.40. The van der Waals surface area contributed by atoms with Crippen LogP contribution in [0.4, 0.5) is 14.6 Å². The van der Waals surface area contributed by atoms with Crippen LogP contribution in [0.5, 0.6) is 23.1 Å². The molecule has 0 saturated carbocycles. The number of para-hydroxylation sites is 1. The lowest BCUT2D eigenvalue weighted by molar-refractivity contribution is 0.333. The molecule has 20 heavy (non-hydrogen) atoms. The molecule has 5 nitrogen and oxygen atoms in total. The highest BCUT2D eigenvalue weighted by Gasteiger charge is 2.17. The molecule has 1 aromatic carbocycles. The third-order valence-electron chi connectivity index (χ3n) is 2.51. The van der Waals surface area contributed by atoms with Gasteiger partial charge in [-0.15, -0.1) is 0 Å². The lowest BCUT2D eigenvalue weighted by atomic mass is 10.3. The van der Waals surface area contributed by atoms with E-state index in [1.54, 1.807) is 18.2 Å². The molecule has 0 spiro atoms. The van der Waals surface area contributed by atoms with E-state index in [4.69, 9.17) is 19.9 Å². The summed E-state index contributed by atoms with van der Waals surface area (Å²) in [7, 11) is 2.84. The van der Waals surface area contributed by atoms with Crippen molar-refractivity contribution >= 4 is 5.82 Å². The van der Waals surface area contributed by atoms with Crippen molar-refractivity contribution in [2.75, 3.05) is 20.0 Å². The van der Waals surface area contributed by atoms with Gasteiger partial charge in [0.2, 0.25) is 5.75 Å². The molecule has 0 aliphatic rings. The molecule has 0 aliphatic heterocycles. The number of halogens is 2. The maximum Gasteiger partial charge on any atom is 0.258 e. The van der Waals surface area contributed by atoms with E-state index in [-0.39, 0.29) is 5.75 Å². The minimum absolute atomic E-state index is 0.120. The van der Waals surface area contributed by atoms with Gasteiger partial charge in [0.05, 0.1) is 14.2 Å². The van der Waals surface area contributed by atoms with E-state index in [0.29, 0.717) is 17.6 Å². The van der Waals surface area contributed by atoms with Crippen molar-refractivity contribution in [2.24, 2.45) is 0 Å². The molecule has 0 saturated heterocycles. The summed E-state index contributed by atoms with van der Waals surface area (Å²) in [5.74, 6) is -2.12. The first kappa shape index (κ1) is 13.9. The minimum Gasteiger partial charge on any atom is -0.493 e. The second-order valence-corrected chi connectivity index (χ2v) is 3.74. The maximum absolute atomic E-state index is 13.6. The van der Waals surface area contributed by atoms with E-state index >= 15 is 0 Å². The zero-order valence-corrected chi connectivity index (χ0v) is 10.8. The van der Waals surface area contributed by atoms with Gasteiger partial charge in [0.1, 0.15) is 0 Å². The smallest absolute Gasteiger partial charge is 0.258 e. The van der Waals surface area contributed by atoms with Gasteiger partial charge in [0, 0.05) is 6.07 Å². The van der Waals surface area contributed by atoms with Crippen LogP contribution in [-0.2, 0) is 0 Å². The van der Waals surface area contributed by atoms with Crippen LogP contribution in [0, 0.1) is 11.6 Å². The van der Waals surface area contributed by atoms with E-state index in [1.807, 2.05) is 0 Å². The third kappa shape index (κ3) is 2.56. The van der Waals surface area contributed by atoms with Crippen molar-refractivity contribution in [1.82, 2.24) is 4.98 Å². The fourth-order valence-electron chi connectivity index (χ4n) is 1.55. The number of anilines is 1. The molecule has 1 heterocycles. The minimum atomic E-state index is -0.982. The molecular weight excluding hydrogens is 270 g/mol. The Morgan fingerprint density at radius 2 is 1.65 bits per heavy atom. The van der Waals surface area contributed by atoms with E-state index in [2.05, 4.69) is 4.98 Å². The van der Waals surface area contributed by atoms with Gasteiger partial charge >= 0.3 is 0 Å². The second-order valence-electron chi connectivity index (χ2n) is 3.74. The van der Waals surface area contributed by atoms with Crippen LogP contribution in [0.1, 0.15) is 0 Å². The Morgan fingerprint density at radius 3 is 2.20 bits per heavy atom. The number of ether oxygens (including phenoxy) is 3.